The zero-order chi connectivity index (χ0) is 10.4. The van der Waals surface area contributed by atoms with Crippen LogP contribution < -0.4 is 5.73 Å². The third-order valence-corrected chi connectivity index (χ3v) is 2.30. The highest BCUT2D eigenvalue weighted by Crippen LogP contribution is 2.03. The van der Waals surface area contributed by atoms with Gasteiger partial charge in [-0.2, -0.15) is 0 Å². The third kappa shape index (κ3) is 3.46. The van der Waals surface area contributed by atoms with Crippen molar-refractivity contribution in [2.75, 3.05) is 0 Å². The number of nitrogens with two attached hydrogens (primary N) is 1. The fraction of sp³-hybridized carbons (Fsp3) is 0.600. The summed E-state index contributed by atoms with van der Waals surface area (Å²) < 4.78 is 2.18. The van der Waals surface area contributed by atoms with E-state index in [1.165, 1.54) is 0 Å². The molecule has 1 rings (SSSR count). The van der Waals surface area contributed by atoms with Gasteiger partial charge in [-0.25, -0.2) is 4.98 Å². The van der Waals surface area contributed by atoms with Gasteiger partial charge in [0.1, 0.15) is 5.82 Å². The Balaban J connectivity index is 2.41. The van der Waals surface area contributed by atoms with E-state index in [1.807, 2.05) is 12.4 Å². The number of thiocarbonyl (C=S) groups is 1. The van der Waals surface area contributed by atoms with Crippen LogP contribution in [0.5, 0.6) is 0 Å². The fourth-order valence-electron chi connectivity index (χ4n) is 1.42. The van der Waals surface area contributed by atoms with Gasteiger partial charge < -0.3 is 10.3 Å². The number of rotatable bonds is 6. The molecule has 3 nitrogen and oxygen atoms in total. The minimum Gasteiger partial charge on any atom is -0.393 e. The van der Waals surface area contributed by atoms with Crippen molar-refractivity contribution in [3.63, 3.8) is 0 Å². The average Bonchev–Trinajstić information content (AvgIpc) is 2.53. The second-order valence-corrected chi connectivity index (χ2v) is 3.88. The average molecular weight is 211 g/mol. The van der Waals surface area contributed by atoms with E-state index in [-0.39, 0.29) is 0 Å². The van der Waals surface area contributed by atoms with Crippen molar-refractivity contribution in [3.8, 4) is 0 Å². The maximum absolute atomic E-state index is 5.44. The Morgan fingerprint density at radius 2 is 2.43 bits per heavy atom. The van der Waals surface area contributed by atoms with Crippen LogP contribution in [0, 0.1) is 0 Å². The molecule has 0 aliphatic carbocycles. The molecule has 0 saturated heterocycles. The van der Waals surface area contributed by atoms with E-state index in [2.05, 4.69) is 16.5 Å². The summed E-state index contributed by atoms with van der Waals surface area (Å²) >= 11 is 4.83. The first-order valence-electron chi connectivity index (χ1n) is 5.02. The highest BCUT2D eigenvalue weighted by Gasteiger charge is 2.00. The maximum atomic E-state index is 5.44. The molecule has 0 amide bonds. The standard InChI is InChI=1S/C10H17N3S/c1-2-4-10-12-6-8-13(10)7-3-5-9(11)14/h6,8H,2-5,7H2,1H3,(H2,11,14). The molecule has 1 aromatic heterocycles. The quantitative estimate of drug-likeness (QED) is 0.731. The molecule has 78 valence electrons. The molecule has 4 heteroatoms. The smallest absolute Gasteiger partial charge is 0.108 e. The van der Waals surface area contributed by atoms with Gasteiger partial charge in [-0.3, -0.25) is 0 Å². The summed E-state index contributed by atoms with van der Waals surface area (Å²) in [6.07, 6.45) is 7.87. The van der Waals surface area contributed by atoms with Crippen LogP contribution in [-0.4, -0.2) is 14.5 Å². The first-order chi connectivity index (χ1) is 6.74. The number of hydrogen-bond donors (Lipinski definition) is 1. The Hall–Kier alpha value is -0.900. The largest absolute Gasteiger partial charge is 0.393 e. The lowest BCUT2D eigenvalue weighted by atomic mass is 10.3. The lowest BCUT2D eigenvalue weighted by Crippen LogP contribution is -2.10. The zero-order valence-corrected chi connectivity index (χ0v) is 9.39. The Bertz CT molecular complexity index is 293. The molecule has 0 radical (unpaired) electrons. The number of imidazole rings is 1. The van der Waals surface area contributed by atoms with Gasteiger partial charge in [0.2, 0.25) is 0 Å². The predicted octanol–water partition coefficient (Wildman–Crippen LogP) is 1.90. The summed E-state index contributed by atoms with van der Waals surface area (Å²) in [5.74, 6) is 1.16. The van der Waals surface area contributed by atoms with Crippen LogP contribution in [0.25, 0.3) is 0 Å². The van der Waals surface area contributed by atoms with Crippen molar-refractivity contribution in [3.05, 3.63) is 18.2 Å². The van der Waals surface area contributed by atoms with Gasteiger partial charge in [-0.05, 0) is 19.3 Å². The van der Waals surface area contributed by atoms with E-state index in [0.29, 0.717) is 4.99 Å². The van der Waals surface area contributed by atoms with E-state index in [1.54, 1.807) is 0 Å². The summed E-state index contributed by atoms with van der Waals surface area (Å²) in [4.78, 5) is 4.90. The molecule has 0 aromatic carbocycles. The van der Waals surface area contributed by atoms with E-state index in [9.17, 15) is 0 Å². The molecule has 0 atom stereocenters. The molecule has 1 heterocycles. The van der Waals surface area contributed by atoms with Crippen LogP contribution >= 0.6 is 12.2 Å². The minimum absolute atomic E-state index is 0.599. The van der Waals surface area contributed by atoms with Crippen LogP contribution in [0.3, 0.4) is 0 Å². The summed E-state index contributed by atoms with van der Waals surface area (Å²) in [5.41, 5.74) is 5.44. The van der Waals surface area contributed by atoms with Crippen molar-refractivity contribution < 1.29 is 0 Å². The summed E-state index contributed by atoms with van der Waals surface area (Å²) in [6.45, 7) is 3.13. The van der Waals surface area contributed by atoms with Crippen LogP contribution in [0.4, 0.5) is 0 Å². The molecule has 14 heavy (non-hydrogen) atoms. The second kappa shape index (κ2) is 5.75. The number of nitrogens with zero attached hydrogens (tertiary/aromatic N) is 2. The minimum atomic E-state index is 0.599. The first kappa shape index (κ1) is 11.2. The van der Waals surface area contributed by atoms with Gasteiger partial charge in [0.05, 0.1) is 4.99 Å². The first-order valence-corrected chi connectivity index (χ1v) is 5.43. The highest BCUT2D eigenvalue weighted by molar-refractivity contribution is 7.80. The lowest BCUT2D eigenvalue weighted by molar-refractivity contribution is 0.617. The van der Waals surface area contributed by atoms with Gasteiger partial charge >= 0.3 is 0 Å². The van der Waals surface area contributed by atoms with E-state index in [4.69, 9.17) is 18.0 Å². The molecular weight excluding hydrogens is 194 g/mol. The Kier molecular flexibility index (Phi) is 4.59. The molecule has 0 aliphatic rings. The molecule has 0 aliphatic heterocycles. The number of hydrogen-bond acceptors (Lipinski definition) is 2. The van der Waals surface area contributed by atoms with E-state index in [0.717, 1.165) is 38.1 Å². The third-order valence-electron chi connectivity index (χ3n) is 2.10. The van der Waals surface area contributed by atoms with Gasteiger partial charge in [0.25, 0.3) is 0 Å². The van der Waals surface area contributed by atoms with Gasteiger partial charge in [-0.15, -0.1) is 0 Å². The Morgan fingerprint density at radius 3 is 3.07 bits per heavy atom. The monoisotopic (exact) mass is 211 g/mol. The van der Waals surface area contributed by atoms with Crippen molar-refractivity contribution in [2.45, 2.75) is 39.2 Å². The highest BCUT2D eigenvalue weighted by atomic mass is 32.1. The topological polar surface area (TPSA) is 43.8 Å². The Labute approximate surface area is 90.3 Å². The van der Waals surface area contributed by atoms with Gasteiger partial charge in [-0.1, -0.05) is 19.1 Å². The molecule has 0 fully saturated rings. The summed E-state index contributed by atoms with van der Waals surface area (Å²) in [6, 6.07) is 0. The SMILES string of the molecule is CCCc1nccn1CCCC(N)=S. The molecule has 0 bridgehead atoms. The summed E-state index contributed by atoms with van der Waals surface area (Å²) in [7, 11) is 0. The molecule has 1 aromatic rings. The molecule has 0 unspecified atom stereocenters. The number of aryl methyl sites for hydroxylation is 2. The molecule has 0 spiro atoms. The summed E-state index contributed by atoms with van der Waals surface area (Å²) in [5, 5.41) is 0. The van der Waals surface area contributed by atoms with E-state index >= 15 is 0 Å². The van der Waals surface area contributed by atoms with Crippen LogP contribution in [0.2, 0.25) is 0 Å². The van der Waals surface area contributed by atoms with Crippen molar-refractivity contribution >= 4 is 17.2 Å². The van der Waals surface area contributed by atoms with Crippen LogP contribution in [0.15, 0.2) is 12.4 Å². The van der Waals surface area contributed by atoms with Gasteiger partial charge in [0, 0.05) is 25.4 Å². The fourth-order valence-corrected chi connectivity index (χ4v) is 1.56. The predicted molar refractivity (Wildman–Crippen MR) is 62.2 cm³/mol. The number of aromatic nitrogens is 2. The maximum Gasteiger partial charge on any atom is 0.108 e. The molecule has 2 N–H and O–H groups in total. The van der Waals surface area contributed by atoms with Gasteiger partial charge in [0.15, 0.2) is 0 Å². The van der Waals surface area contributed by atoms with Crippen molar-refractivity contribution in [1.29, 1.82) is 0 Å². The lowest BCUT2D eigenvalue weighted by Gasteiger charge is -2.06. The van der Waals surface area contributed by atoms with E-state index < -0.39 is 0 Å². The van der Waals surface area contributed by atoms with Crippen molar-refractivity contribution in [1.82, 2.24) is 9.55 Å². The zero-order valence-electron chi connectivity index (χ0n) is 8.57. The second-order valence-electron chi connectivity index (χ2n) is 3.36. The van der Waals surface area contributed by atoms with Crippen LogP contribution in [0.1, 0.15) is 32.0 Å². The normalized spacial score (nSPS) is 10.4. The molecule has 0 saturated carbocycles. The van der Waals surface area contributed by atoms with Crippen LogP contribution in [-0.2, 0) is 13.0 Å². The Morgan fingerprint density at radius 1 is 1.64 bits per heavy atom. The van der Waals surface area contributed by atoms with Crippen molar-refractivity contribution in [2.24, 2.45) is 5.73 Å². The molecular formula is C10H17N3S.